The Bertz CT molecular complexity index is 709. The quantitative estimate of drug-likeness (QED) is 0.790. The normalized spacial score (nSPS) is 10.6. The van der Waals surface area contributed by atoms with Crippen molar-refractivity contribution in [1.82, 2.24) is 14.9 Å². The number of rotatable bonds is 8. The second kappa shape index (κ2) is 9.16. The van der Waals surface area contributed by atoms with E-state index in [9.17, 15) is 4.79 Å². The molecule has 1 N–H and O–H groups in total. The molecule has 1 aromatic carbocycles. The molecule has 2 aromatic rings. The number of hydrogen-bond donors (Lipinski definition) is 1. The van der Waals surface area contributed by atoms with Crippen LogP contribution in [0.5, 0.6) is 0 Å². The number of nitrogens with zero attached hydrogens (tertiary/aromatic N) is 3. The van der Waals surface area contributed by atoms with Crippen LogP contribution in [0.25, 0.3) is 0 Å². The molecule has 1 heterocycles. The van der Waals surface area contributed by atoms with E-state index in [-0.39, 0.29) is 5.91 Å². The summed E-state index contributed by atoms with van der Waals surface area (Å²) >= 11 is 0. The molecule has 134 valence electrons. The number of aryl methyl sites for hydroxylation is 2. The van der Waals surface area contributed by atoms with Crippen molar-refractivity contribution >= 4 is 11.9 Å². The second-order valence-corrected chi connectivity index (χ2v) is 6.29. The summed E-state index contributed by atoms with van der Waals surface area (Å²) in [6.45, 7) is 10.3. The molecular weight excluding hydrogens is 312 g/mol. The van der Waals surface area contributed by atoms with Gasteiger partial charge in [-0.25, -0.2) is 9.97 Å². The van der Waals surface area contributed by atoms with Crippen molar-refractivity contribution in [3.8, 4) is 0 Å². The van der Waals surface area contributed by atoms with Gasteiger partial charge in [0, 0.05) is 25.3 Å². The number of hydrogen-bond acceptors (Lipinski definition) is 4. The summed E-state index contributed by atoms with van der Waals surface area (Å²) in [6, 6.07) is 9.96. The van der Waals surface area contributed by atoms with Crippen LogP contribution in [0.1, 0.15) is 54.0 Å². The summed E-state index contributed by atoms with van der Waals surface area (Å²) < 4.78 is 0. The summed E-state index contributed by atoms with van der Waals surface area (Å²) in [5.41, 5.74) is 3.66. The molecule has 0 radical (unpaired) electrons. The fourth-order valence-electron chi connectivity index (χ4n) is 2.76. The van der Waals surface area contributed by atoms with Gasteiger partial charge in [-0.3, -0.25) is 4.79 Å². The Kier molecular flexibility index (Phi) is 6.92. The van der Waals surface area contributed by atoms with Crippen molar-refractivity contribution in [2.75, 3.05) is 18.4 Å². The van der Waals surface area contributed by atoms with E-state index in [4.69, 9.17) is 0 Å². The Morgan fingerprint density at radius 3 is 2.40 bits per heavy atom. The lowest BCUT2D eigenvalue weighted by Gasteiger charge is -2.21. The molecule has 0 unspecified atom stereocenters. The van der Waals surface area contributed by atoms with Gasteiger partial charge in [0.05, 0.1) is 0 Å². The maximum atomic E-state index is 12.8. The molecule has 0 saturated carbocycles. The Labute approximate surface area is 150 Å². The standard InChI is InChI=1S/C20H28N4O/c1-5-11-24(12-6-2)19(25)18-13-16(4)22-20(23-18)21-14-17-10-8-7-9-15(17)3/h7-10,13H,5-6,11-12,14H2,1-4H3,(H,21,22,23). The minimum absolute atomic E-state index is 0.0202. The number of anilines is 1. The van der Waals surface area contributed by atoms with E-state index in [1.807, 2.05) is 24.0 Å². The molecule has 0 fully saturated rings. The molecule has 1 amide bonds. The molecule has 0 aliphatic heterocycles. The Morgan fingerprint density at radius 2 is 1.76 bits per heavy atom. The summed E-state index contributed by atoms with van der Waals surface area (Å²) in [6.07, 6.45) is 1.88. The van der Waals surface area contributed by atoms with Crippen LogP contribution >= 0.6 is 0 Å². The average molecular weight is 340 g/mol. The highest BCUT2D eigenvalue weighted by Crippen LogP contribution is 2.12. The summed E-state index contributed by atoms with van der Waals surface area (Å²) in [5, 5.41) is 3.25. The van der Waals surface area contributed by atoms with Crippen molar-refractivity contribution in [3.05, 3.63) is 52.8 Å². The Hall–Kier alpha value is -2.43. The van der Waals surface area contributed by atoms with Gasteiger partial charge in [-0.15, -0.1) is 0 Å². The number of nitrogens with one attached hydrogen (secondary N) is 1. The van der Waals surface area contributed by atoms with Gasteiger partial charge in [0.15, 0.2) is 0 Å². The van der Waals surface area contributed by atoms with Gasteiger partial charge in [-0.05, 0) is 43.9 Å². The zero-order chi connectivity index (χ0) is 18.2. The van der Waals surface area contributed by atoms with Crippen LogP contribution in [-0.2, 0) is 6.54 Å². The van der Waals surface area contributed by atoms with E-state index in [2.05, 4.69) is 48.2 Å². The molecule has 0 saturated heterocycles. The van der Waals surface area contributed by atoms with Gasteiger partial charge >= 0.3 is 0 Å². The maximum absolute atomic E-state index is 12.8. The van der Waals surface area contributed by atoms with Gasteiger partial charge in [-0.2, -0.15) is 0 Å². The predicted molar refractivity (Wildman–Crippen MR) is 102 cm³/mol. The van der Waals surface area contributed by atoms with Crippen LogP contribution in [0.15, 0.2) is 30.3 Å². The van der Waals surface area contributed by atoms with Crippen LogP contribution in [0.4, 0.5) is 5.95 Å². The Balaban J connectivity index is 2.16. The maximum Gasteiger partial charge on any atom is 0.272 e. The molecule has 25 heavy (non-hydrogen) atoms. The lowest BCUT2D eigenvalue weighted by atomic mass is 10.1. The lowest BCUT2D eigenvalue weighted by Crippen LogP contribution is -2.33. The first-order valence-corrected chi connectivity index (χ1v) is 8.98. The topological polar surface area (TPSA) is 58.1 Å². The van der Waals surface area contributed by atoms with Crippen LogP contribution < -0.4 is 5.32 Å². The van der Waals surface area contributed by atoms with Gasteiger partial charge in [0.25, 0.3) is 5.91 Å². The van der Waals surface area contributed by atoms with Gasteiger partial charge in [0.1, 0.15) is 5.69 Å². The van der Waals surface area contributed by atoms with E-state index in [0.29, 0.717) is 18.2 Å². The van der Waals surface area contributed by atoms with Crippen molar-refractivity contribution in [2.45, 2.75) is 47.1 Å². The van der Waals surface area contributed by atoms with Crippen molar-refractivity contribution in [3.63, 3.8) is 0 Å². The number of carbonyl (C=O) groups is 1. The number of amides is 1. The number of aromatic nitrogens is 2. The molecule has 0 atom stereocenters. The van der Waals surface area contributed by atoms with Gasteiger partial charge in [-0.1, -0.05) is 38.1 Å². The van der Waals surface area contributed by atoms with E-state index in [0.717, 1.165) is 31.6 Å². The van der Waals surface area contributed by atoms with E-state index >= 15 is 0 Å². The first kappa shape index (κ1) is 18.9. The average Bonchev–Trinajstić information content (AvgIpc) is 2.60. The van der Waals surface area contributed by atoms with Crippen LogP contribution in [0, 0.1) is 13.8 Å². The second-order valence-electron chi connectivity index (χ2n) is 6.29. The predicted octanol–water partition coefficient (Wildman–Crippen LogP) is 3.97. The van der Waals surface area contributed by atoms with E-state index < -0.39 is 0 Å². The lowest BCUT2D eigenvalue weighted by molar-refractivity contribution is 0.0749. The summed E-state index contributed by atoms with van der Waals surface area (Å²) in [7, 11) is 0. The minimum atomic E-state index is -0.0202. The molecule has 5 heteroatoms. The summed E-state index contributed by atoms with van der Waals surface area (Å²) in [4.78, 5) is 23.5. The molecule has 1 aromatic heterocycles. The van der Waals surface area contributed by atoms with E-state index in [1.54, 1.807) is 6.07 Å². The van der Waals surface area contributed by atoms with Crippen LogP contribution in [0.2, 0.25) is 0 Å². The molecule has 0 spiro atoms. The number of carbonyl (C=O) groups excluding carboxylic acids is 1. The number of benzene rings is 1. The van der Waals surface area contributed by atoms with Crippen molar-refractivity contribution in [1.29, 1.82) is 0 Å². The summed E-state index contributed by atoms with van der Waals surface area (Å²) in [5.74, 6) is 0.479. The molecular formula is C20H28N4O. The molecule has 5 nitrogen and oxygen atoms in total. The van der Waals surface area contributed by atoms with E-state index in [1.165, 1.54) is 11.1 Å². The van der Waals surface area contributed by atoms with Gasteiger partial charge < -0.3 is 10.2 Å². The van der Waals surface area contributed by atoms with Gasteiger partial charge in [0.2, 0.25) is 5.95 Å². The largest absolute Gasteiger partial charge is 0.350 e. The van der Waals surface area contributed by atoms with Crippen molar-refractivity contribution < 1.29 is 4.79 Å². The molecule has 0 aliphatic carbocycles. The third kappa shape index (κ3) is 5.28. The monoisotopic (exact) mass is 340 g/mol. The smallest absolute Gasteiger partial charge is 0.272 e. The molecule has 0 bridgehead atoms. The first-order chi connectivity index (χ1) is 12.0. The third-order valence-corrected chi connectivity index (χ3v) is 4.05. The highest BCUT2D eigenvalue weighted by Gasteiger charge is 2.17. The fourth-order valence-corrected chi connectivity index (χ4v) is 2.76. The van der Waals surface area contributed by atoms with Crippen molar-refractivity contribution in [2.24, 2.45) is 0 Å². The Morgan fingerprint density at radius 1 is 1.08 bits per heavy atom. The van der Waals surface area contributed by atoms with Crippen LogP contribution in [0.3, 0.4) is 0 Å². The highest BCUT2D eigenvalue weighted by molar-refractivity contribution is 5.92. The highest BCUT2D eigenvalue weighted by atomic mass is 16.2. The third-order valence-electron chi connectivity index (χ3n) is 4.05. The molecule has 0 aliphatic rings. The zero-order valence-corrected chi connectivity index (χ0v) is 15.7. The first-order valence-electron chi connectivity index (χ1n) is 8.98. The van der Waals surface area contributed by atoms with Crippen LogP contribution in [-0.4, -0.2) is 33.9 Å². The zero-order valence-electron chi connectivity index (χ0n) is 15.7. The molecule has 2 rings (SSSR count). The minimum Gasteiger partial charge on any atom is -0.350 e. The fraction of sp³-hybridized carbons (Fsp3) is 0.450. The SMILES string of the molecule is CCCN(CCC)C(=O)c1cc(C)nc(NCc2ccccc2C)n1.